The predicted octanol–water partition coefficient (Wildman–Crippen LogP) is 5.00. The molecule has 1 rings (SSSR count). The van der Waals surface area contributed by atoms with Crippen LogP contribution in [0, 0.1) is 0 Å². The number of ether oxygens (including phenoxy) is 3. The third-order valence-electron chi connectivity index (χ3n) is 3.39. The molecule has 1 atom stereocenters. The topological polar surface area (TPSA) is 27.7 Å². The monoisotopic (exact) mass is 310 g/mol. The van der Waals surface area contributed by atoms with Crippen LogP contribution in [-0.2, 0) is 4.74 Å². The van der Waals surface area contributed by atoms with Crippen LogP contribution in [0.2, 0.25) is 0 Å². The van der Waals surface area contributed by atoms with Crippen LogP contribution in [0.1, 0.15) is 45.1 Å². The fourth-order valence-corrected chi connectivity index (χ4v) is 2.13. The van der Waals surface area contributed by atoms with Crippen molar-refractivity contribution in [2.24, 2.45) is 0 Å². The molecule has 0 heterocycles. The summed E-state index contributed by atoms with van der Waals surface area (Å²) in [5.41, 5.74) is 0.732. The zero-order chi connectivity index (χ0) is 16.4. The number of benzene rings is 1. The molecule has 0 saturated carbocycles. The summed E-state index contributed by atoms with van der Waals surface area (Å²) in [6, 6.07) is 5.33. The summed E-state index contributed by atoms with van der Waals surface area (Å²) in [6.07, 6.45) is 4.59. The van der Waals surface area contributed by atoms with Crippen LogP contribution >= 0.6 is 0 Å². The molecule has 0 aromatic heterocycles. The van der Waals surface area contributed by atoms with Crippen molar-refractivity contribution in [3.8, 4) is 11.5 Å². The SMILES string of the molecule is CCCCOC(CCC)/C(F)=C/c1ccc(OC)c(OC)c1. The molecule has 0 N–H and O–H groups in total. The van der Waals surface area contributed by atoms with E-state index >= 15 is 0 Å². The second-order valence-corrected chi connectivity index (χ2v) is 5.15. The minimum Gasteiger partial charge on any atom is -0.493 e. The maximum Gasteiger partial charge on any atom is 0.161 e. The molecule has 0 fully saturated rings. The van der Waals surface area contributed by atoms with Gasteiger partial charge in [-0.25, -0.2) is 4.39 Å². The van der Waals surface area contributed by atoms with Gasteiger partial charge in [-0.05, 0) is 36.6 Å². The van der Waals surface area contributed by atoms with E-state index in [4.69, 9.17) is 14.2 Å². The van der Waals surface area contributed by atoms with Gasteiger partial charge in [0.1, 0.15) is 11.9 Å². The van der Waals surface area contributed by atoms with Crippen molar-refractivity contribution in [3.63, 3.8) is 0 Å². The fourth-order valence-electron chi connectivity index (χ4n) is 2.13. The predicted molar refractivity (Wildman–Crippen MR) is 88.2 cm³/mol. The third-order valence-corrected chi connectivity index (χ3v) is 3.39. The average Bonchev–Trinajstić information content (AvgIpc) is 2.54. The van der Waals surface area contributed by atoms with Crippen LogP contribution in [0.25, 0.3) is 6.08 Å². The second-order valence-electron chi connectivity index (χ2n) is 5.15. The molecule has 0 bridgehead atoms. The molecule has 0 aliphatic heterocycles. The molecule has 0 amide bonds. The Bertz CT molecular complexity index is 471. The molecule has 4 heteroatoms. The summed E-state index contributed by atoms with van der Waals surface area (Å²) >= 11 is 0. The first-order chi connectivity index (χ1) is 10.7. The van der Waals surface area contributed by atoms with Gasteiger partial charge in [0.05, 0.1) is 14.2 Å². The quantitative estimate of drug-likeness (QED) is 0.569. The maximum absolute atomic E-state index is 14.4. The van der Waals surface area contributed by atoms with E-state index in [1.165, 1.54) is 6.08 Å². The minimum atomic E-state index is -0.468. The van der Waals surface area contributed by atoms with E-state index in [-0.39, 0.29) is 5.83 Å². The Labute approximate surface area is 133 Å². The van der Waals surface area contributed by atoms with Crippen LogP contribution in [0.4, 0.5) is 4.39 Å². The fraction of sp³-hybridized carbons (Fsp3) is 0.556. The Balaban J connectivity index is 2.87. The molecular weight excluding hydrogens is 283 g/mol. The van der Waals surface area contributed by atoms with E-state index in [1.807, 2.05) is 6.92 Å². The zero-order valence-electron chi connectivity index (χ0n) is 14.0. The molecule has 1 aromatic carbocycles. The first-order valence-corrected chi connectivity index (χ1v) is 7.86. The van der Waals surface area contributed by atoms with Gasteiger partial charge >= 0.3 is 0 Å². The second kappa shape index (κ2) is 10.2. The van der Waals surface area contributed by atoms with Gasteiger partial charge in [-0.2, -0.15) is 0 Å². The van der Waals surface area contributed by atoms with Crippen molar-refractivity contribution in [1.29, 1.82) is 0 Å². The molecule has 0 saturated heterocycles. The molecule has 0 aliphatic rings. The summed E-state index contributed by atoms with van der Waals surface area (Å²) in [5, 5.41) is 0. The van der Waals surface area contributed by atoms with Crippen molar-refractivity contribution in [2.75, 3.05) is 20.8 Å². The lowest BCUT2D eigenvalue weighted by Gasteiger charge is -2.15. The molecule has 124 valence electrons. The number of unbranched alkanes of at least 4 members (excludes halogenated alkanes) is 1. The number of rotatable bonds is 10. The number of hydrogen-bond donors (Lipinski definition) is 0. The highest BCUT2D eigenvalue weighted by molar-refractivity contribution is 5.57. The molecule has 0 aliphatic carbocycles. The zero-order valence-corrected chi connectivity index (χ0v) is 14.0. The van der Waals surface area contributed by atoms with E-state index < -0.39 is 6.10 Å². The van der Waals surface area contributed by atoms with Crippen LogP contribution in [0.3, 0.4) is 0 Å². The van der Waals surface area contributed by atoms with Crippen molar-refractivity contribution in [2.45, 2.75) is 45.6 Å². The lowest BCUT2D eigenvalue weighted by Crippen LogP contribution is -2.14. The van der Waals surface area contributed by atoms with Crippen molar-refractivity contribution in [1.82, 2.24) is 0 Å². The van der Waals surface area contributed by atoms with Crippen LogP contribution in [-0.4, -0.2) is 26.9 Å². The number of methoxy groups -OCH3 is 2. The average molecular weight is 310 g/mol. The Morgan fingerprint density at radius 1 is 1.14 bits per heavy atom. The molecule has 0 radical (unpaired) electrons. The number of hydrogen-bond acceptors (Lipinski definition) is 3. The van der Waals surface area contributed by atoms with E-state index in [9.17, 15) is 4.39 Å². The van der Waals surface area contributed by atoms with Gasteiger partial charge in [0.25, 0.3) is 0 Å². The van der Waals surface area contributed by atoms with Crippen molar-refractivity contribution < 1.29 is 18.6 Å². The molecule has 1 unspecified atom stereocenters. The molecule has 0 spiro atoms. The van der Waals surface area contributed by atoms with Gasteiger partial charge in [0.2, 0.25) is 0 Å². The Hall–Kier alpha value is -1.55. The van der Waals surface area contributed by atoms with E-state index in [0.29, 0.717) is 24.5 Å². The summed E-state index contributed by atoms with van der Waals surface area (Å²) in [6.45, 7) is 4.71. The van der Waals surface area contributed by atoms with Crippen LogP contribution in [0.15, 0.2) is 24.0 Å². The molecule has 3 nitrogen and oxygen atoms in total. The van der Waals surface area contributed by atoms with E-state index in [1.54, 1.807) is 32.4 Å². The van der Waals surface area contributed by atoms with Gasteiger partial charge in [0, 0.05) is 6.61 Å². The summed E-state index contributed by atoms with van der Waals surface area (Å²) < 4.78 is 30.5. The molecule has 1 aromatic rings. The largest absolute Gasteiger partial charge is 0.493 e. The Morgan fingerprint density at radius 2 is 1.86 bits per heavy atom. The summed E-state index contributed by atoms with van der Waals surface area (Å²) in [5.74, 6) is 0.970. The maximum atomic E-state index is 14.4. The van der Waals surface area contributed by atoms with Gasteiger partial charge in [-0.15, -0.1) is 0 Å². The van der Waals surface area contributed by atoms with Gasteiger partial charge in [-0.1, -0.05) is 32.8 Å². The van der Waals surface area contributed by atoms with Gasteiger partial charge < -0.3 is 14.2 Å². The standard InChI is InChI=1S/C18H27FO3/c1-5-7-11-22-16(8-6-2)15(19)12-14-9-10-17(20-3)18(13-14)21-4/h9-10,12-13,16H,5-8,11H2,1-4H3/b15-12-. The highest BCUT2D eigenvalue weighted by atomic mass is 19.1. The van der Waals surface area contributed by atoms with Crippen LogP contribution in [0.5, 0.6) is 11.5 Å². The molecule has 22 heavy (non-hydrogen) atoms. The highest BCUT2D eigenvalue weighted by Gasteiger charge is 2.14. The smallest absolute Gasteiger partial charge is 0.161 e. The Morgan fingerprint density at radius 3 is 2.45 bits per heavy atom. The van der Waals surface area contributed by atoms with Gasteiger partial charge in [-0.3, -0.25) is 0 Å². The van der Waals surface area contributed by atoms with E-state index in [2.05, 4.69) is 6.92 Å². The first kappa shape index (κ1) is 18.5. The Kier molecular flexibility index (Phi) is 8.60. The van der Waals surface area contributed by atoms with Crippen molar-refractivity contribution in [3.05, 3.63) is 29.6 Å². The van der Waals surface area contributed by atoms with Gasteiger partial charge in [0.15, 0.2) is 11.5 Å². The van der Waals surface area contributed by atoms with E-state index in [0.717, 1.165) is 24.8 Å². The summed E-state index contributed by atoms with van der Waals surface area (Å²) in [4.78, 5) is 0. The van der Waals surface area contributed by atoms with Crippen molar-refractivity contribution >= 4 is 6.08 Å². The lowest BCUT2D eigenvalue weighted by molar-refractivity contribution is 0.0557. The molecular formula is C18H27FO3. The third kappa shape index (κ3) is 5.68. The minimum absolute atomic E-state index is 0.245. The summed E-state index contributed by atoms with van der Waals surface area (Å²) in [7, 11) is 3.14. The first-order valence-electron chi connectivity index (χ1n) is 7.86. The normalized spacial score (nSPS) is 13.0. The van der Waals surface area contributed by atoms with Crippen LogP contribution < -0.4 is 9.47 Å². The number of halogens is 1. The lowest BCUT2D eigenvalue weighted by atomic mass is 10.1. The highest BCUT2D eigenvalue weighted by Crippen LogP contribution is 2.29.